The van der Waals surface area contributed by atoms with E-state index in [2.05, 4.69) is 14.5 Å². The Bertz CT molecular complexity index is 766. The summed E-state index contributed by atoms with van der Waals surface area (Å²) in [4.78, 5) is 17.8. The Morgan fingerprint density at radius 2 is 2.00 bits per heavy atom. The molecule has 1 amide bonds. The van der Waals surface area contributed by atoms with Crippen LogP contribution in [0.3, 0.4) is 0 Å². The van der Waals surface area contributed by atoms with Crippen LogP contribution in [-0.2, 0) is 16.0 Å². The van der Waals surface area contributed by atoms with Gasteiger partial charge in [0.1, 0.15) is 6.23 Å². The lowest BCUT2D eigenvalue weighted by molar-refractivity contribution is -0.200. The summed E-state index contributed by atoms with van der Waals surface area (Å²) in [5.41, 5.74) is 2.21. The molecule has 0 saturated carbocycles. The Labute approximate surface area is 178 Å². The summed E-state index contributed by atoms with van der Waals surface area (Å²) in [5, 5.41) is 0.673. The Hall–Kier alpha value is -1.71. The molecule has 30 heavy (non-hydrogen) atoms. The number of carbonyl (C=O) groups excluding carboxylic acids is 1. The van der Waals surface area contributed by atoms with E-state index >= 15 is 0 Å². The molecule has 0 aromatic heterocycles. The number of halogens is 4. The van der Waals surface area contributed by atoms with Crippen molar-refractivity contribution in [3.05, 3.63) is 28.8 Å². The van der Waals surface area contributed by atoms with Crippen LogP contribution in [0, 0.1) is 0 Å². The van der Waals surface area contributed by atoms with Crippen molar-refractivity contribution in [2.45, 2.75) is 50.9 Å². The first-order valence-corrected chi connectivity index (χ1v) is 10.5. The van der Waals surface area contributed by atoms with Crippen molar-refractivity contribution in [1.82, 2.24) is 9.80 Å². The Morgan fingerprint density at radius 3 is 2.57 bits per heavy atom. The number of alkyl halides is 3. The quantitative estimate of drug-likeness (QED) is 0.701. The van der Waals surface area contributed by atoms with Crippen LogP contribution in [0.25, 0.3) is 0 Å². The number of nitrogens with zero attached hydrogens (tertiary/aromatic N) is 3. The molecule has 6 nitrogen and oxygen atoms in total. The summed E-state index contributed by atoms with van der Waals surface area (Å²) in [6.07, 6.45) is -5.38. The maximum absolute atomic E-state index is 12.6. The van der Waals surface area contributed by atoms with Gasteiger partial charge in [0, 0.05) is 43.4 Å². The minimum absolute atomic E-state index is 0.0921. The number of ether oxygens (including phenoxy) is 2. The molecule has 3 saturated heterocycles. The number of amides is 1. The monoisotopic (exact) mass is 447 g/mol. The number of hydrogen-bond donors (Lipinski definition) is 0. The van der Waals surface area contributed by atoms with E-state index in [4.69, 9.17) is 16.3 Å². The molecule has 3 fully saturated rings. The molecule has 3 atom stereocenters. The molecule has 3 aliphatic heterocycles. The van der Waals surface area contributed by atoms with E-state index in [0.717, 1.165) is 37.6 Å². The second kappa shape index (κ2) is 8.43. The number of fused-ring (bicyclic) bond motifs is 2. The van der Waals surface area contributed by atoms with E-state index in [1.165, 1.54) is 4.90 Å². The first kappa shape index (κ1) is 21.5. The van der Waals surface area contributed by atoms with Gasteiger partial charge in [-0.05, 0) is 37.5 Å². The molecule has 1 aromatic rings. The van der Waals surface area contributed by atoms with Crippen molar-refractivity contribution in [3.63, 3.8) is 0 Å². The highest BCUT2D eigenvalue weighted by Gasteiger charge is 2.42. The zero-order valence-corrected chi connectivity index (χ0v) is 17.5. The van der Waals surface area contributed by atoms with Crippen LogP contribution in [0.4, 0.5) is 23.7 Å². The molecular formula is C20H25ClF3N3O3. The number of carbonyl (C=O) groups is 1. The second-order valence-electron chi connectivity index (χ2n) is 8.03. The number of anilines is 1. The van der Waals surface area contributed by atoms with E-state index in [1.807, 2.05) is 18.2 Å². The minimum Gasteiger partial charge on any atom is -0.437 e. The maximum Gasteiger partial charge on any atom is 0.425 e. The van der Waals surface area contributed by atoms with E-state index in [1.54, 1.807) is 0 Å². The minimum atomic E-state index is -4.55. The fourth-order valence-corrected chi connectivity index (χ4v) is 4.45. The van der Waals surface area contributed by atoms with Crippen LogP contribution in [0.2, 0.25) is 5.02 Å². The van der Waals surface area contributed by atoms with Crippen LogP contribution in [-0.4, -0.2) is 73.2 Å². The summed E-state index contributed by atoms with van der Waals surface area (Å²) < 4.78 is 48.2. The molecular weight excluding hydrogens is 423 g/mol. The average Bonchev–Trinajstić information content (AvgIpc) is 3.29. The van der Waals surface area contributed by atoms with Crippen molar-refractivity contribution in [2.24, 2.45) is 0 Å². The van der Waals surface area contributed by atoms with Crippen LogP contribution in [0.15, 0.2) is 18.2 Å². The molecule has 10 heteroatoms. The van der Waals surface area contributed by atoms with E-state index in [0.29, 0.717) is 43.8 Å². The molecule has 166 valence electrons. The predicted molar refractivity (Wildman–Crippen MR) is 106 cm³/mol. The van der Waals surface area contributed by atoms with E-state index in [-0.39, 0.29) is 6.23 Å². The molecule has 1 aromatic carbocycles. The van der Waals surface area contributed by atoms with Gasteiger partial charge in [-0.3, -0.25) is 4.90 Å². The molecule has 0 aliphatic carbocycles. The summed E-state index contributed by atoms with van der Waals surface area (Å²) >= 11 is 6.26. The van der Waals surface area contributed by atoms with Crippen LogP contribution < -0.4 is 4.90 Å². The molecule has 0 spiro atoms. The van der Waals surface area contributed by atoms with Gasteiger partial charge in [-0.25, -0.2) is 4.79 Å². The van der Waals surface area contributed by atoms with Gasteiger partial charge in [0.15, 0.2) is 6.10 Å². The van der Waals surface area contributed by atoms with Crippen molar-refractivity contribution < 1.29 is 27.4 Å². The van der Waals surface area contributed by atoms with Gasteiger partial charge < -0.3 is 19.3 Å². The largest absolute Gasteiger partial charge is 0.437 e. The normalized spacial score (nSPS) is 25.6. The highest BCUT2D eigenvalue weighted by Crippen LogP contribution is 2.39. The van der Waals surface area contributed by atoms with Gasteiger partial charge in [-0.2, -0.15) is 13.2 Å². The van der Waals surface area contributed by atoms with Crippen molar-refractivity contribution in [2.75, 3.05) is 37.7 Å². The van der Waals surface area contributed by atoms with Crippen LogP contribution in [0.1, 0.15) is 25.3 Å². The first-order valence-electron chi connectivity index (χ1n) is 10.2. The Balaban J connectivity index is 1.36. The molecule has 3 heterocycles. The first-order chi connectivity index (χ1) is 14.2. The lowest BCUT2D eigenvalue weighted by atomic mass is 10.1. The molecule has 2 bridgehead atoms. The fraction of sp³-hybridized carbons (Fsp3) is 0.650. The number of benzene rings is 1. The molecule has 3 aliphatic rings. The van der Waals surface area contributed by atoms with Gasteiger partial charge in [-0.1, -0.05) is 17.7 Å². The van der Waals surface area contributed by atoms with Crippen molar-refractivity contribution >= 4 is 23.4 Å². The Kier molecular flexibility index (Phi) is 6.05. The summed E-state index contributed by atoms with van der Waals surface area (Å²) in [6.45, 7) is 4.00. The van der Waals surface area contributed by atoms with Crippen LogP contribution in [0.5, 0.6) is 0 Å². The summed E-state index contributed by atoms with van der Waals surface area (Å²) in [6, 6.07) is 6.23. The number of rotatable bonds is 4. The third kappa shape index (κ3) is 4.48. The lowest BCUT2D eigenvalue weighted by Crippen LogP contribution is -2.49. The number of piperazine rings is 1. The Morgan fingerprint density at radius 1 is 1.27 bits per heavy atom. The van der Waals surface area contributed by atoms with Gasteiger partial charge in [0.25, 0.3) is 0 Å². The number of hydrogen-bond acceptors (Lipinski definition) is 5. The molecule has 3 unspecified atom stereocenters. The zero-order valence-electron chi connectivity index (χ0n) is 16.7. The van der Waals surface area contributed by atoms with Crippen LogP contribution >= 0.6 is 11.6 Å². The smallest absolute Gasteiger partial charge is 0.425 e. The highest BCUT2D eigenvalue weighted by molar-refractivity contribution is 6.30. The van der Waals surface area contributed by atoms with E-state index in [9.17, 15) is 18.0 Å². The zero-order chi connectivity index (χ0) is 21.5. The average molecular weight is 448 g/mol. The SMILES string of the molecule is CC(OC(=O)N1CCN(Cc2ccc(Cl)cc2N2C3CCC2OC3)CC1)C(F)(F)F. The standard InChI is InChI=1S/C20H25ClF3N3O3/c1-13(20(22,23)24)30-19(28)26-8-6-25(7-9-26)11-14-2-3-15(21)10-17(14)27-16-4-5-18(27)29-12-16/h2-3,10,13,16,18H,4-9,11-12H2,1H3. The molecule has 4 rings (SSSR count). The van der Waals surface area contributed by atoms with Gasteiger partial charge >= 0.3 is 12.3 Å². The molecule has 0 N–H and O–H groups in total. The van der Waals surface area contributed by atoms with Gasteiger partial charge in [0.2, 0.25) is 0 Å². The van der Waals surface area contributed by atoms with E-state index < -0.39 is 18.4 Å². The predicted octanol–water partition coefficient (Wildman–Crippen LogP) is 3.87. The fourth-order valence-electron chi connectivity index (χ4n) is 4.28. The third-order valence-electron chi connectivity index (χ3n) is 6.02. The molecule has 0 radical (unpaired) electrons. The highest BCUT2D eigenvalue weighted by atomic mass is 35.5. The van der Waals surface area contributed by atoms with Gasteiger partial charge in [0.05, 0.1) is 12.6 Å². The second-order valence-corrected chi connectivity index (χ2v) is 8.47. The van der Waals surface area contributed by atoms with Gasteiger partial charge in [-0.15, -0.1) is 0 Å². The maximum atomic E-state index is 12.6. The summed E-state index contributed by atoms with van der Waals surface area (Å²) in [7, 11) is 0. The summed E-state index contributed by atoms with van der Waals surface area (Å²) in [5.74, 6) is 0. The third-order valence-corrected chi connectivity index (χ3v) is 6.26. The lowest BCUT2D eigenvalue weighted by Gasteiger charge is -2.35. The topological polar surface area (TPSA) is 45.2 Å². The van der Waals surface area contributed by atoms with Crippen molar-refractivity contribution in [3.8, 4) is 0 Å². The van der Waals surface area contributed by atoms with Crippen molar-refractivity contribution in [1.29, 1.82) is 0 Å².